The third-order valence-electron chi connectivity index (χ3n) is 4.47. The minimum Gasteiger partial charge on any atom is -0.394 e. The van der Waals surface area contributed by atoms with Crippen molar-refractivity contribution in [3.63, 3.8) is 0 Å². The molecule has 3 aromatic carbocycles. The SMILES string of the molecule is Cc1ccc(NC(=O)Nc2ccccc2)cc1NC(=O)NC(CO)c1ccccc1. The average molecular weight is 404 g/mol. The van der Waals surface area contributed by atoms with E-state index in [0.717, 1.165) is 11.1 Å². The molecule has 0 saturated carbocycles. The van der Waals surface area contributed by atoms with Gasteiger partial charge in [0.2, 0.25) is 0 Å². The number of benzene rings is 3. The van der Waals surface area contributed by atoms with Crippen LogP contribution in [0.25, 0.3) is 0 Å². The molecule has 0 saturated heterocycles. The summed E-state index contributed by atoms with van der Waals surface area (Å²) >= 11 is 0. The van der Waals surface area contributed by atoms with Crippen molar-refractivity contribution >= 4 is 29.1 Å². The van der Waals surface area contributed by atoms with E-state index in [1.807, 2.05) is 55.5 Å². The first-order valence-electron chi connectivity index (χ1n) is 9.52. The Balaban J connectivity index is 1.63. The lowest BCUT2D eigenvalue weighted by molar-refractivity contribution is 0.225. The van der Waals surface area contributed by atoms with Crippen molar-refractivity contribution in [2.24, 2.45) is 0 Å². The molecule has 5 N–H and O–H groups in total. The maximum atomic E-state index is 12.4. The second-order valence-corrected chi connectivity index (χ2v) is 6.72. The molecule has 1 atom stereocenters. The van der Waals surface area contributed by atoms with Gasteiger partial charge in [0.05, 0.1) is 12.6 Å². The first kappa shape index (κ1) is 20.9. The monoisotopic (exact) mass is 404 g/mol. The molecule has 0 radical (unpaired) electrons. The van der Waals surface area contributed by atoms with Crippen molar-refractivity contribution in [1.29, 1.82) is 0 Å². The molecular formula is C23H24N4O3. The van der Waals surface area contributed by atoms with Gasteiger partial charge in [-0.25, -0.2) is 9.59 Å². The Labute approximate surface area is 175 Å². The molecule has 4 amide bonds. The van der Waals surface area contributed by atoms with Gasteiger partial charge in [0.25, 0.3) is 0 Å². The first-order valence-corrected chi connectivity index (χ1v) is 9.52. The Bertz CT molecular complexity index is 994. The number of aryl methyl sites for hydroxylation is 1. The summed E-state index contributed by atoms with van der Waals surface area (Å²) < 4.78 is 0. The van der Waals surface area contributed by atoms with Crippen LogP contribution in [0.3, 0.4) is 0 Å². The van der Waals surface area contributed by atoms with Crippen LogP contribution in [0.4, 0.5) is 26.7 Å². The van der Waals surface area contributed by atoms with Gasteiger partial charge in [0.1, 0.15) is 0 Å². The topological polar surface area (TPSA) is 102 Å². The first-order chi connectivity index (χ1) is 14.5. The maximum Gasteiger partial charge on any atom is 0.323 e. The molecule has 7 heteroatoms. The van der Waals surface area contributed by atoms with Gasteiger partial charge in [-0.1, -0.05) is 54.6 Å². The molecule has 0 aromatic heterocycles. The number of urea groups is 2. The smallest absolute Gasteiger partial charge is 0.323 e. The summed E-state index contributed by atoms with van der Waals surface area (Å²) in [6.45, 7) is 1.63. The molecule has 3 aromatic rings. The van der Waals surface area contributed by atoms with E-state index >= 15 is 0 Å². The Morgan fingerprint density at radius 3 is 2.10 bits per heavy atom. The van der Waals surface area contributed by atoms with E-state index in [0.29, 0.717) is 17.1 Å². The number of amides is 4. The van der Waals surface area contributed by atoms with Gasteiger partial charge in [-0.2, -0.15) is 0 Å². The molecule has 0 aliphatic carbocycles. The van der Waals surface area contributed by atoms with Crippen molar-refractivity contribution in [3.8, 4) is 0 Å². The number of carbonyl (C=O) groups is 2. The molecule has 7 nitrogen and oxygen atoms in total. The molecule has 0 heterocycles. The van der Waals surface area contributed by atoms with E-state index in [4.69, 9.17) is 0 Å². The van der Waals surface area contributed by atoms with Gasteiger partial charge in [0.15, 0.2) is 0 Å². The number of nitrogens with one attached hydrogen (secondary N) is 4. The normalized spacial score (nSPS) is 11.3. The largest absolute Gasteiger partial charge is 0.394 e. The summed E-state index contributed by atoms with van der Waals surface area (Å²) in [4.78, 5) is 24.6. The lowest BCUT2D eigenvalue weighted by Gasteiger charge is -2.18. The molecule has 1 unspecified atom stereocenters. The molecule has 0 aliphatic heterocycles. The van der Waals surface area contributed by atoms with Gasteiger partial charge >= 0.3 is 12.1 Å². The van der Waals surface area contributed by atoms with Gasteiger partial charge in [-0.3, -0.25) is 0 Å². The number of carbonyl (C=O) groups excluding carboxylic acids is 2. The van der Waals surface area contributed by atoms with Crippen LogP contribution in [0.5, 0.6) is 0 Å². The predicted molar refractivity (Wildman–Crippen MR) is 119 cm³/mol. The highest BCUT2D eigenvalue weighted by Crippen LogP contribution is 2.21. The van der Waals surface area contributed by atoms with Crippen LogP contribution in [0.15, 0.2) is 78.9 Å². The van der Waals surface area contributed by atoms with E-state index in [1.54, 1.807) is 30.3 Å². The molecular weight excluding hydrogens is 380 g/mol. The number of hydrogen-bond donors (Lipinski definition) is 5. The molecule has 0 fully saturated rings. The highest BCUT2D eigenvalue weighted by Gasteiger charge is 2.14. The third kappa shape index (κ3) is 5.83. The number of aliphatic hydroxyl groups excluding tert-OH is 1. The molecule has 3 rings (SSSR count). The fourth-order valence-corrected chi connectivity index (χ4v) is 2.89. The lowest BCUT2D eigenvalue weighted by atomic mass is 10.1. The minimum absolute atomic E-state index is 0.225. The van der Waals surface area contributed by atoms with Gasteiger partial charge in [0, 0.05) is 17.1 Å². The molecule has 30 heavy (non-hydrogen) atoms. The number of anilines is 3. The van der Waals surface area contributed by atoms with E-state index < -0.39 is 12.1 Å². The van der Waals surface area contributed by atoms with Gasteiger partial charge < -0.3 is 26.4 Å². The Morgan fingerprint density at radius 2 is 1.43 bits per heavy atom. The second-order valence-electron chi connectivity index (χ2n) is 6.72. The summed E-state index contributed by atoms with van der Waals surface area (Å²) in [7, 11) is 0. The zero-order valence-electron chi connectivity index (χ0n) is 16.6. The standard InChI is InChI=1S/C23H24N4O3/c1-16-12-13-19(25-22(29)24-18-10-6-3-7-11-18)14-20(16)26-23(30)27-21(15-28)17-8-4-2-5-9-17/h2-14,21,28H,15H2,1H3,(H2,24,25,29)(H2,26,27,30). The highest BCUT2D eigenvalue weighted by molar-refractivity contribution is 6.00. The van der Waals surface area contributed by atoms with Crippen LogP contribution in [-0.2, 0) is 0 Å². The zero-order valence-corrected chi connectivity index (χ0v) is 16.6. The predicted octanol–water partition coefficient (Wildman–Crippen LogP) is 4.49. The molecule has 0 aliphatic rings. The van der Waals surface area contributed by atoms with Crippen LogP contribution in [-0.4, -0.2) is 23.8 Å². The van der Waals surface area contributed by atoms with E-state index in [1.165, 1.54) is 0 Å². The highest BCUT2D eigenvalue weighted by atomic mass is 16.3. The summed E-state index contributed by atoms with van der Waals surface area (Å²) in [5, 5.41) is 20.6. The zero-order chi connectivity index (χ0) is 21.3. The van der Waals surface area contributed by atoms with Crippen molar-refractivity contribution < 1.29 is 14.7 Å². The van der Waals surface area contributed by atoms with Crippen LogP contribution in [0, 0.1) is 6.92 Å². The van der Waals surface area contributed by atoms with Crippen molar-refractivity contribution in [1.82, 2.24) is 5.32 Å². The Morgan fingerprint density at radius 1 is 0.800 bits per heavy atom. The van der Waals surface area contributed by atoms with Crippen LogP contribution >= 0.6 is 0 Å². The van der Waals surface area contributed by atoms with E-state index in [9.17, 15) is 14.7 Å². The van der Waals surface area contributed by atoms with Crippen molar-refractivity contribution in [2.75, 3.05) is 22.6 Å². The molecule has 0 spiro atoms. The summed E-state index contributed by atoms with van der Waals surface area (Å²) in [6, 6.07) is 22.2. The minimum atomic E-state index is -0.524. The number of hydrogen-bond acceptors (Lipinski definition) is 3. The van der Waals surface area contributed by atoms with E-state index in [-0.39, 0.29) is 12.6 Å². The third-order valence-corrected chi connectivity index (χ3v) is 4.47. The van der Waals surface area contributed by atoms with Crippen LogP contribution in [0.2, 0.25) is 0 Å². The molecule has 154 valence electrons. The molecule has 0 bridgehead atoms. The number of aliphatic hydroxyl groups is 1. The summed E-state index contributed by atoms with van der Waals surface area (Å²) in [6.07, 6.45) is 0. The van der Waals surface area contributed by atoms with Gasteiger partial charge in [-0.15, -0.1) is 0 Å². The summed E-state index contributed by atoms with van der Waals surface area (Å²) in [5.74, 6) is 0. The van der Waals surface area contributed by atoms with Crippen LogP contribution in [0.1, 0.15) is 17.2 Å². The second kappa shape index (κ2) is 10.1. The number of rotatable bonds is 6. The lowest BCUT2D eigenvalue weighted by Crippen LogP contribution is -2.34. The maximum absolute atomic E-state index is 12.4. The van der Waals surface area contributed by atoms with E-state index in [2.05, 4.69) is 21.3 Å². The fourth-order valence-electron chi connectivity index (χ4n) is 2.89. The number of para-hydroxylation sites is 1. The average Bonchev–Trinajstić information content (AvgIpc) is 2.75. The van der Waals surface area contributed by atoms with Gasteiger partial charge in [-0.05, 0) is 42.3 Å². The van der Waals surface area contributed by atoms with Crippen LogP contribution < -0.4 is 21.3 Å². The fraction of sp³-hybridized carbons (Fsp3) is 0.130. The van der Waals surface area contributed by atoms with Crippen molar-refractivity contribution in [3.05, 3.63) is 90.0 Å². The van der Waals surface area contributed by atoms with Crippen molar-refractivity contribution in [2.45, 2.75) is 13.0 Å². The quantitative estimate of drug-likeness (QED) is 0.418. The Hall–Kier alpha value is -3.84. The summed E-state index contributed by atoms with van der Waals surface area (Å²) in [5.41, 5.74) is 3.40. The Kier molecular flexibility index (Phi) is 7.02.